The molecule has 0 fully saturated rings. The predicted molar refractivity (Wildman–Crippen MR) is 74.3 cm³/mol. The van der Waals surface area contributed by atoms with E-state index in [-0.39, 0.29) is 6.04 Å². The molecule has 1 heterocycles. The molecule has 0 saturated heterocycles. The van der Waals surface area contributed by atoms with Crippen LogP contribution in [-0.4, -0.2) is 26.0 Å². The summed E-state index contributed by atoms with van der Waals surface area (Å²) in [4.78, 5) is 1.08. The van der Waals surface area contributed by atoms with E-state index < -0.39 is 14.6 Å². The Kier molecular flexibility index (Phi) is 4.75. The lowest BCUT2D eigenvalue weighted by Crippen LogP contribution is -2.44. The molecule has 5 heteroatoms. The van der Waals surface area contributed by atoms with Gasteiger partial charge in [0.2, 0.25) is 0 Å². The van der Waals surface area contributed by atoms with Crippen LogP contribution in [0.5, 0.6) is 0 Å². The van der Waals surface area contributed by atoms with Crippen molar-refractivity contribution in [2.45, 2.75) is 38.0 Å². The zero-order valence-corrected chi connectivity index (χ0v) is 12.5. The van der Waals surface area contributed by atoms with E-state index in [1.807, 2.05) is 17.5 Å². The van der Waals surface area contributed by atoms with Gasteiger partial charge in [0, 0.05) is 11.1 Å². The average Bonchev–Trinajstić information content (AvgIpc) is 2.69. The SMILES string of the molecule is CCCNC(c1cccs1)C(C)(C)S(C)(=O)=O. The Labute approximate surface area is 108 Å². The molecule has 0 saturated carbocycles. The molecular weight excluding hydrogens is 254 g/mol. The second-order valence-electron chi connectivity index (χ2n) is 4.78. The van der Waals surface area contributed by atoms with Crippen LogP contribution >= 0.6 is 11.3 Å². The van der Waals surface area contributed by atoms with Gasteiger partial charge < -0.3 is 5.32 Å². The molecule has 0 aliphatic rings. The highest BCUT2D eigenvalue weighted by Crippen LogP contribution is 2.34. The van der Waals surface area contributed by atoms with Crippen LogP contribution < -0.4 is 5.32 Å². The Morgan fingerprint density at radius 2 is 2.12 bits per heavy atom. The standard InChI is InChI=1S/C12H21NO2S2/c1-5-8-13-11(10-7-6-9-16-10)12(2,3)17(4,14)15/h6-7,9,11,13H,5,8H2,1-4H3. The second kappa shape index (κ2) is 5.50. The van der Waals surface area contributed by atoms with Gasteiger partial charge in [-0.2, -0.15) is 0 Å². The molecule has 1 aromatic heterocycles. The fourth-order valence-corrected chi connectivity index (χ4v) is 3.35. The van der Waals surface area contributed by atoms with Crippen LogP contribution in [0.3, 0.4) is 0 Å². The normalized spacial score (nSPS) is 14.8. The lowest BCUT2D eigenvalue weighted by Gasteiger charge is -2.32. The van der Waals surface area contributed by atoms with Crippen LogP contribution in [0.1, 0.15) is 38.1 Å². The minimum atomic E-state index is -3.11. The van der Waals surface area contributed by atoms with E-state index in [1.165, 1.54) is 6.26 Å². The summed E-state index contributed by atoms with van der Waals surface area (Å²) in [5, 5.41) is 5.33. The molecule has 1 aromatic rings. The summed E-state index contributed by atoms with van der Waals surface area (Å²) in [5.74, 6) is 0. The van der Waals surface area contributed by atoms with Crippen molar-refractivity contribution in [1.82, 2.24) is 5.32 Å². The first-order valence-electron chi connectivity index (χ1n) is 5.77. The van der Waals surface area contributed by atoms with Crippen LogP contribution in [0.2, 0.25) is 0 Å². The zero-order chi connectivity index (χ0) is 13.1. The molecule has 0 aliphatic heterocycles. The zero-order valence-electron chi connectivity index (χ0n) is 10.9. The van der Waals surface area contributed by atoms with Gasteiger partial charge in [-0.15, -0.1) is 11.3 Å². The number of hydrogen-bond donors (Lipinski definition) is 1. The fraction of sp³-hybridized carbons (Fsp3) is 0.667. The molecule has 1 atom stereocenters. The number of nitrogens with one attached hydrogen (secondary N) is 1. The average molecular weight is 275 g/mol. The molecule has 1 N–H and O–H groups in total. The number of rotatable bonds is 6. The molecule has 0 aliphatic carbocycles. The Morgan fingerprint density at radius 1 is 1.47 bits per heavy atom. The van der Waals surface area contributed by atoms with Gasteiger partial charge in [0.05, 0.1) is 10.8 Å². The van der Waals surface area contributed by atoms with Gasteiger partial charge in [-0.3, -0.25) is 0 Å². The molecule has 1 rings (SSSR count). The van der Waals surface area contributed by atoms with Crippen molar-refractivity contribution >= 4 is 21.2 Å². The summed E-state index contributed by atoms with van der Waals surface area (Å²) in [6.45, 7) is 6.47. The molecule has 1 unspecified atom stereocenters. The molecule has 0 spiro atoms. The Bertz CT molecular complexity index is 435. The van der Waals surface area contributed by atoms with Crippen molar-refractivity contribution in [2.24, 2.45) is 0 Å². The highest BCUT2D eigenvalue weighted by atomic mass is 32.2. The van der Waals surface area contributed by atoms with Gasteiger partial charge in [-0.1, -0.05) is 13.0 Å². The largest absolute Gasteiger partial charge is 0.308 e. The van der Waals surface area contributed by atoms with E-state index in [2.05, 4.69) is 12.2 Å². The lowest BCUT2D eigenvalue weighted by atomic mass is 10.0. The van der Waals surface area contributed by atoms with Crippen molar-refractivity contribution in [2.75, 3.05) is 12.8 Å². The van der Waals surface area contributed by atoms with E-state index in [4.69, 9.17) is 0 Å². The van der Waals surface area contributed by atoms with Crippen molar-refractivity contribution in [1.29, 1.82) is 0 Å². The summed E-state index contributed by atoms with van der Waals surface area (Å²) in [6.07, 6.45) is 2.29. The van der Waals surface area contributed by atoms with Crippen LogP contribution in [0.25, 0.3) is 0 Å². The maximum absolute atomic E-state index is 11.9. The fourth-order valence-electron chi connectivity index (χ4n) is 1.65. The van der Waals surface area contributed by atoms with Gasteiger partial charge in [-0.25, -0.2) is 8.42 Å². The molecule has 98 valence electrons. The minimum absolute atomic E-state index is 0.141. The molecule has 17 heavy (non-hydrogen) atoms. The maximum Gasteiger partial charge on any atom is 0.154 e. The first-order chi connectivity index (χ1) is 7.80. The Balaban J connectivity index is 3.07. The third kappa shape index (κ3) is 3.30. The van der Waals surface area contributed by atoms with E-state index in [9.17, 15) is 8.42 Å². The van der Waals surface area contributed by atoms with Gasteiger partial charge >= 0.3 is 0 Å². The van der Waals surface area contributed by atoms with Crippen LogP contribution in [-0.2, 0) is 9.84 Å². The van der Waals surface area contributed by atoms with E-state index >= 15 is 0 Å². The van der Waals surface area contributed by atoms with Crippen molar-refractivity contribution in [3.63, 3.8) is 0 Å². The first kappa shape index (κ1) is 14.7. The number of hydrogen-bond acceptors (Lipinski definition) is 4. The molecule has 0 bridgehead atoms. The summed E-state index contributed by atoms with van der Waals surface area (Å²) in [6, 6.07) is 3.81. The quantitative estimate of drug-likeness (QED) is 0.868. The highest BCUT2D eigenvalue weighted by Gasteiger charge is 2.40. The summed E-state index contributed by atoms with van der Waals surface area (Å²) < 4.78 is 23.0. The highest BCUT2D eigenvalue weighted by molar-refractivity contribution is 7.92. The third-order valence-corrected chi connectivity index (χ3v) is 6.16. The van der Waals surface area contributed by atoms with E-state index in [1.54, 1.807) is 25.2 Å². The van der Waals surface area contributed by atoms with Crippen molar-refractivity contribution in [3.05, 3.63) is 22.4 Å². The van der Waals surface area contributed by atoms with Gasteiger partial charge in [0.25, 0.3) is 0 Å². The molecule has 3 nitrogen and oxygen atoms in total. The minimum Gasteiger partial charge on any atom is -0.308 e. The van der Waals surface area contributed by atoms with Crippen molar-refractivity contribution in [3.8, 4) is 0 Å². The van der Waals surface area contributed by atoms with E-state index in [0.717, 1.165) is 17.8 Å². The third-order valence-electron chi connectivity index (χ3n) is 3.08. The topological polar surface area (TPSA) is 46.2 Å². The second-order valence-corrected chi connectivity index (χ2v) is 8.35. The first-order valence-corrected chi connectivity index (χ1v) is 8.54. The van der Waals surface area contributed by atoms with Gasteiger partial charge in [-0.05, 0) is 38.3 Å². The predicted octanol–water partition coefficient (Wildman–Crippen LogP) is 2.61. The monoisotopic (exact) mass is 275 g/mol. The van der Waals surface area contributed by atoms with Crippen LogP contribution in [0.15, 0.2) is 17.5 Å². The lowest BCUT2D eigenvalue weighted by molar-refractivity contribution is 0.425. The summed E-state index contributed by atoms with van der Waals surface area (Å²) in [7, 11) is -3.11. The molecule has 0 amide bonds. The maximum atomic E-state index is 11.9. The van der Waals surface area contributed by atoms with Crippen LogP contribution in [0, 0.1) is 0 Å². The smallest absolute Gasteiger partial charge is 0.154 e. The summed E-state index contributed by atoms with van der Waals surface area (Å²) in [5.41, 5.74) is 0. The molecule has 0 aromatic carbocycles. The van der Waals surface area contributed by atoms with Gasteiger partial charge in [0.1, 0.15) is 0 Å². The molecular formula is C12H21NO2S2. The Morgan fingerprint density at radius 3 is 2.53 bits per heavy atom. The number of sulfone groups is 1. The van der Waals surface area contributed by atoms with Crippen molar-refractivity contribution < 1.29 is 8.42 Å². The van der Waals surface area contributed by atoms with E-state index in [0.29, 0.717) is 0 Å². The summed E-state index contributed by atoms with van der Waals surface area (Å²) >= 11 is 1.60. The van der Waals surface area contributed by atoms with Gasteiger partial charge in [0.15, 0.2) is 9.84 Å². The van der Waals surface area contributed by atoms with Crippen LogP contribution in [0.4, 0.5) is 0 Å². The molecule has 0 radical (unpaired) electrons. The Hall–Kier alpha value is -0.390. The number of thiophene rings is 1.